The lowest BCUT2D eigenvalue weighted by Crippen LogP contribution is -2.51. The van der Waals surface area contributed by atoms with Gasteiger partial charge in [0, 0.05) is 43.3 Å². The van der Waals surface area contributed by atoms with E-state index in [1.165, 1.54) is 0 Å². The molecule has 2 aliphatic rings. The largest absolute Gasteiger partial charge is 0.381 e. The number of hydrogen-bond acceptors (Lipinski definition) is 7. The summed E-state index contributed by atoms with van der Waals surface area (Å²) in [5.74, 6) is 1.43. The zero-order valence-electron chi connectivity index (χ0n) is 19.8. The van der Waals surface area contributed by atoms with Crippen molar-refractivity contribution in [1.82, 2.24) is 20.4 Å². The van der Waals surface area contributed by atoms with Gasteiger partial charge in [-0.05, 0) is 76.6 Å². The third-order valence-corrected chi connectivity index (χ3v) is 7.01. The van der Waals surface area contributed by atoms with Crippen LogP contribution in [0.2, 0.25) is 0 Å². The molecule has 2 aromatic heterocycles. The van der Waals surface area contributed by atoms with Crippen LogP contribution in [0.5, 0.6) is 0 Å². The van der Waals surface area contributed by atoms with Crippen molar-refractivity contribution in [2.45, 2.75) is 71.5 Å². The van der Waals surface area contributed by atoms with Crippen molar-refractivity contribution in [3.05, 3.63) is 34.9 Å². The number of hydrogen-bond donors (Lipinski definition) is 1. The van der Waals surface area contributed by atoms with Crippen molar-refractivity contribution in [2.24, 2.45) is 0 Å². The molecule has 33 heavy (non-hydrogen) atoms. The van der Waals surface area contributed by atoms with Crippen molar-refractivity contribution in [2.75, 3.05) is 24.7 Å². The van der Waals surface area contributed by atoms with E-state index in [-0.39, 0.29) is 11.9 Å². The summed E-state index contributed by atoms with van der Waals surface area (Å²) in [5.41, 5.74) is 2.97. The molecule has 8 heteroatoms. The first-order valence-electron chi connectivity index (χ1n) is 11.9. The molecule has 0 unspecified atom stereocenters. The predicted molar refractivity (Wildman–Crippen MR) is 126 cm³/mol. The van der Waals surface area contributed by atoms with Gasteiger partial charge in [-0.2, -0.15) is 4.98 Å². The van der Waals surface area contributed by atoms with E-state index in [0.29, 0.717) is 29.3 Å². The molecular formula is C25H32FN5O2. The summed E-state index contributed by atoms with van der Waals surface area (Å²) in [5, 5.41) is 8.63. The maximum absolute atomic E-state index is 15.0. The van der Waals surface area contributed by atoms with E-state index in [4.69, 9.17) is 14.2 Å². The topological polar surface area (TPSA) is 76.3 Å². The van der Waals surface area contributed by atoms with Crippen LogP contribution >= 0.6 is 0 Å². The highest BCUT2D eigenvalue weighted by molar-refractivity contribution is 5.93. The molecule has 0 aliphatic carbocycles. The monoisotopic (exact) mass is 453 g/mol. The lowest BCUT2D eigenvalue weighted by atomic mass is 9.94. The molecule has 5 rings (SSSR count). The molecule has 176 valence electrons. The van der Waals surface area contributed by atoms with E-state index in [1.807, 2.05) is 19.9 Å². The van der Waals surface area contributed by atoms with Crippen LogP contribution < -0.4 is 10.2 Å². The minimum Gasteiger partial charge on any atom is -0.381 e. The molecule has 2 saturated heterocycles. The molecule has 0 amide bonds. The molecule has 2 atom stereocenters. The fraction of sp³-hybridized carbons (Fsp3) is 0.560. The van der Waals surface area contributed by atoms with Gasteiger partial charge in [0.05, 0.1) is 5.56 Å². The van der Waals surface area contributed by atoms with E-state index in [0.717, 1.165) is 73.3 Å². The molecule has 0 saturated carbocycles. The number of nitrogens with zero attached hydrogens (tertiary/aromatic N) is 4. The van der Waals surface area contributed by atoms with E-state index in [9.17, 15) is 4.39 Å². The lowest BCUT2D eigenvalue weighted by molar-refractivity contribution is 0.0733. The fourth-order valence-electron chi connectivity index (χ4n) is 5.30. The van der Waals surface area contributed by atoms with Crippen molar-refractivity contribution >= 4 is 16.7 Å². The van der Waals surface area contributed by atoms with E-state index >= 15 is 0 Å². The standard InChI is InChI=1S/C25H32FN5O2/c1-14-11-20-16(3)22(25-27-17(4)30-33-25)24(29-23(20)21(26)12-14)31-8-5-19(13-15(31)2)28-18-6-9-32-10-7-18/h11-12,15,18-19,28H,5-10,13H2,1-4H3/t15-,19-/m1/s1. The summed E-state index contributed by atoms with van der Waals surface area (Å²) in [7, 11) is 0. The molecule has 0 spiro atoms. The molecule has 0 bridgehead atoms. The van der Waals surface area contributed by atoms with Gasteiger partial charge in [-0.25, -0.2) is 9.37 Å². The van der Waals surface area contributed by atoms with E-state index in [2.05, 4.69) is 27.3 Å². The summed E-state index contributed by atoms with van der Waals surface area (Å²) in [4.78, 5) is 11.6. The van der Waals surface area contributed by atoms with Crippen molar-refractivity contribution in [3.8, 4) is 11.5 Å². The zero-order valence-corrected chi connectivity index (χ0v) is 19.8. The number of rotatable bonds is 4. The molecule has 4 heterocycles. The van der Waals surface area contributed by atoms with E-state index < -0.39 is 0 Å². The second-order valence-electron chi connectivity index (χ2n) is 9.54. The quantitative estimate of drug-likeness (QED) is 0.624. The summed E-state index contributed by atoms with van der Waals surface area (Å²) < 4.78 is 26.1. The Morgan fingerprint density at radius 1 is 1.06 bits per heavy atom. The Hall–Kier alpha value is -2.58. The van der Waals surface area contributed by atoms with Crippen LogP contribution in [-0.2, 0) is 4.74 Å². The minimum atomic E-state index is -0.300. The van der Waals surface area contributed by atoms with Gasteiger partial charge in [0.15, 0.2) is 5.82 Å². The van der Waals surface area contributed by atoms with Gasteiger partial charge < -0.3 is 19.5 Å². The van der Waals surface area contributed by atoms with Gasteiger partial charge in [0.25, 0.3) is 5.89 Å². The highest BCUT2D eigenvalue weighted by Gasteiger charge is 2.32. The van der Waals surface area contributed by atoms with Crippen LogP contribution in [0.25, 0.3) is 22.4 Å². The predicted octanol–water partition coefficient (Wildman–Crippen LogP) is 4.48. The molecule has 2 fully saturated rings. The van der Waals surface area contributed by atoms with Gasteiger partial charge in [-0.15, -0.1) is 0 Å². The Bertz CT molecular complexity index is 1160. The van der Waals surface area contributed by atoms with Crippen LogP contribution in [0.3, 0.4) is 0 Å². The van der Waals surface area contributed by atoms with Gasteiger partial charge in [-0.3, -0.25) is 0 Å². The molecule has 1 aromatic carbocycles. The molecule has 2 aliphatic heterocycles. The Morgan fingerprint density at radius 2 is 1.85 bits per heavy atom. The number of halogens is 1. The van der Waals surface area contributed by atoms with Crippen molar-refractivity contribution in [3.63, 3.8) is 0 Å². The smallest absolute Gasteiger partial charge is 0.261 e. The number of anilines is 1. The number of benzene rings is 1. The Balaban J connectivity index is 1.51. The maximum atomic E-state index is 15.0. The lowest BCUT2D eigenvalue weighted by Gasteiger charge is -2.41. The van der Waals surface area contributed by atoms with Crippen LogP contribution in [0, 0.1) is 26.6 Å². The fourth-order valence-corrected chi connectivity index (χ4v) is 5.30. The molecule has 3 aromatic rings. The second-order valence-corrected chi connectivity index (χ2v) is 9.54. The summed E-state index contributed by atoms with van der Waals surface area (Å²) in [6.45, 7) is 10.4. The third-order valence-electron chi connectivity index (χ3n) is 7.01. The van der Waals surface area contributed by atoms with Gasteiger partial charge in [-0.1, -0.05) is 5.16 Å². The normalized spacial score (nSPS) is 22.3. The van der Waals surface area contributed by atoms with E-state index in [1.54, 1.807) is 13.0 Å². The summed E-state index contributed by atoms with van der Waals surface area (Å²) >= 11 is 0. The van der Waals surface area contributed by atoms with Crippen LogP contribution in [0.4, 0.5) is 10.2 Å². The van der Waals surface area contributed by atoms with Gasteiger partial charge >= 0.3 is 0 Å². The van der Waals surface area contributed by atoms with Crippen molar-refractivity contribution in [1.29, 1.82) is 0 Å². The zero-order chi connectivity index (χ0) is 23.1. The number of piperidine rings is 1. The first-order valence-corrected chi connectivity index (χ1v) is 11.9. The van der Waals surface area contributed by atoms with Crippen LogP contribution in [0.15, 0.2) is 16.7 Å². The average molecular weight is 454 g/mol. The van der Waals surface area contributed by atoms with Crippen molar-refractivity contribution < 1.29 is 13.7 Å². The molecule has 7 nitrogen and oxygen atoms in total. The highest BCUT2D eigenvalue weighted by atomic mass is 19.1. The first-order chi connectivity index (χ1) is 15.9. The van der Waals surface area contributed by atoms with Gasteiger partial charge in [0.2, 0.25) is 0 Å². The number of ether oxygens (including phenoxy) is 1. The SMILES string of the molecule is Cc1cc(F)c2nc(N3CC[C@@H](NC4CCOCC4)C[C@H]3C)c(-c3nc(C)no3)c(C)c2c1. The minimum absolute atomic E-state index is 0.233. The third kappa shape index (κ3) is 4.34. The number of fused-ring (bicyclic) bond motifs is 1. The Kier molecular flexibility index (Phi) is 6.05. The Morgan fingerprint density at radius 3 is 2.55 bits per heavy atom. The Labute approximate surface area is 193 Å². The second kappa shape index (κ2) is 8.99. The average Bonchev–Trinajstić information content (AvgIpc) is 3.21. The van der Waals surface area contributed by atoms with Crippen LogP contribution in [-0.4, -0.2) is 53.0 Å². The van der Waals surface area contributed by atoms with Crippen LogP contribution in [0.1, 0.15) is 49.6 Å². The molecular weight excluding hydrogens is 421 g/mol. The number of aromatic nitrogens is 3. The first kappa shape index (κ1) is 22.2. The van der Waals surface area contributed by atoms with Gasteiger partial charge in [0.1, 0.15) is 17.2 Å². The summed E-state index contributed by atoms with van der Waals surface area (Å²) in [6.07, 6.45) is 4.13. The number of pyridine rings is 1. The maximum Gasteiger partial charge on any atom is 0.261 e. The number of aryl methyl sites for hydroxylation is 3. The molecule has 1 N–H and O–H groups in total. The molecule has 0 radical (unpaired) electrons. The highest BCUT2D eigenvalue weighted by Crippen LogP contribution is 2.39. The summed E-state index contributed by atoms with van der Waals surface area (Å²) in [6, 6.07) is 4.73. The number of nitrogens with one attached hydrogen (secondary N) is 1.